The van der Waals surface area contributed by atoms with Crippen molar-refractivity contribution < 1.29 is 26.3 Å². The Hall–Kier alpha value is -2.95. The van der Waals surface area contributed by atoms with Crippen molar-refractivity contribution in [3.63, 3.8) is 0 Å². The Bertz CT molecular complexity index is 1160. The van der Waals surface area contributed by atoms with Gasteiger partial charge in [-0.05, 0) is 29.8 Å². The topological polar surface area (TPSA) is 87.0 Å². The van der Waals surface area contributed by atoms with E-state index in [9.17, 15) is 21.6 Å². The third-order valence-corrected chi connectivity index (χ3v) is 5.28. The standard InChI is InChI=1S/C17H13F3N4O3S/c1-28(25,26)12-8-21-16(22-9-12)24-13(7-15(23-24)17(18,19)20)10-2-3-14-11(6-10)4-5-27-14/h2-3,6-9H,4-5H2,1H3. The third kappa shape index (κ3) is 3.33. The zero-order chi connectivity index (χ0) is 20.1. The number of benzene rings is 1. The monoisotopic (exact) mass is 410 g/mol. The second-order valence-electron chi connectivity index (χ2n) is 6.24. The van der Waals surface area contributed by atoms with E-state index in [1.165, 1.54) is 0 Å². The number of hydrogen-bond donors (Lipinski definition) is 0. The molecule has 0 radical (unpaired) electrons. The summed E-state index contributed by atoms with van der Waals surface area (Å²) >= 11 is 0. The minimum atomic E-state index is -4.66. The third-order valence-electron chi connectivity index (χ3n) is 4.22. The number of halogens is 3. The fourth-order valence-electron chi connectivity index (χ4n) is 2.83. The van der Waals surface area contributed by atoms with Crippen LogP contribution in [-0.4, -0.2) is 41.0 Å². The number of hydrogen-bond acceptors (Lipinski definition) is 6. The molecule has 0 saturated carbocycles. The summed E-state index contributed by atoms with van der Waals surface area (Å²) in [7, 11) is -3.54. The molecule has 0 bridgehead atoms. The highest BCUT2D eigenvalue weighted by molar-refractivity contribution is 7.90. The van der Waals surface area contributed by atoms with Crippen LogP contribution in [0.5, 0.6) is 5.75 Å². The SMILES string of the molecule is CS(=O)(=O)c1cnc(-n2nc(C(F)(F)F)cc2-c2ccc3c(c2)CCO3)nc1. The minimum Gasteiger partial charge on any atom is -0.493 e. The van der Waals surface area contributed by atoms with E-state index in [-0.39, 0.29) is 16.5 Å². The Kier molecular flexibility index (Phi) is 4.14. The highest BCUT2D eigenvalue weighted by Crippen LogP contribution is 2.35. The summed E-state index contributed by atoms with van der Waals surface area (Å²) in [6, 6.07) is 5.96. The molecule has 28 heavy (non-hydrogen) atoms. The van der Waals surface area contributed by atoms with Gasteiger partial charge in [0.05, 0.1) is 24.7 Å². The number of nitrogens with zero attached hydrogens (tertiary/aromatic N) is 4. The second-order valence-corrected chi connectivity index (χ2v) is 8.25. The number of fused-ring (bicyclic) bond motifs is 1. The zero-order valence-corrected chi connectivity index (χ0v) is 15.3. The summed E-state index contributed by atoms with van der Waals surface area (Å²) in [6.07, 6.45) is -0.950. The average Bonchev–Trinajstić information content (AvgIpc) is 3.27. The lowest BCUT2D eigenvalue weighted by Crippen LogP contribution is -2.10. The Labute approximate surface area is 157 Å². The Balaban J connectivity index is 1.86. The Morgan fingerprint density at radius 2 is 1.86 bits per heavy atom. The van der Waals surface area contributed by atoms with Crippen molar-refractivity contribution in [2.75, 3.05) is 12.9 Å². The zero-order valence-electron chi connectivity index (χ0n) is 14.4. The van der Waals surface area contributed by atoms with Gasteiger partial charge in [0.1, 0.15) is 10.6 Å². The Morgan fingerprint density at radius 3 is 2.50 bits per heavy atom. The van der Waals surface area contributed by atoms with E-state index in [0.29, 0.717) is 24.3 Å². The van der Waals surface area contributed by atoms with Crippen LogP contribution in [0.25, 0.3) is 17.2 Å². The summed E-state index contributed by atoms with van der Waals surface area (Å²) < 4.78 is 69.2. The quantitative estimate of drug-likeness (QED) is 0.660. The van der Waals surface area contributed by atoms with Gasteiger partial charge in [0.15, 0.2) is 15.5 Å². The molecule has 0 atom stereocenters. The van der Waals surface area contributed by atoms with Crippen LogP contribution >= 0.6 is 0 Å². The van der Waals surface area contributed by atoms with Gasteiger partial charge in [-0.2, -0.15) is 23.0 Å². The first-order chi connectivity index (χ1) is 13.1. The number of aromatic nitrogens is 4. The molecule has 3 aromatic rings. The van der Waals surface area contributed by atoms with Gasteiger partial charge in [-0.3, -0.25) is 0 Å². The van der Waals surface area contributed by atoms with Gasteiger partial charge < -0.3 is 4.74 Å². The van der Waals surface area contributed by atoms with E-state index in [1.807, 2.05) is 0 Å². The van der Waals surface area contributed by atoms with Crippen LogP contribution in [0.4, 0.5) is 13.2 Å². The predicted octanol–water partition coefficient (Wildman–Crippen LogP) is 2.69. The number of alkyl halides is 3. The molecule has 3 heterocycles. The van der Waals surface area contributed by atoms with E-state index >= 15 is 0 Å². The molecule has 146 valence electrons. The maximum absolute atomic E-state index is 13.2. The molecule has 11 heteroatoms. The maximum Gasteiger partial charge on any atom is 0.435 e. The molecular formula is C17H13F3N4O3S. The molecule has 1 aromatic carbocycles. The molecule has 7 nitrogen and oxygen atoms in total. The molecule has 1 aliphatic rings. The molecule has 4 rings (SSSR count). The lowest BCUT2D eigenvalue weighted by molar-refractivity contribution is -0.141. The van der Waals surface area contributed by atoms with Gasteiger partial charge in [-0.1, -0.05) is 0 Å². The van der Waals surface area contributed by atoms with E-state index in [1.54, 1.807) is 18.2 Å². The van der Waals surface area contributed by atoms with Crippen LogP contribution in [0.2, 0.25) is 0 Å². The molecule has 0 saturated heterocycles. The largest absolute Gasteiger partial charge is 0.493 e. The smallest absolute Gasteiger partial charge is 0.435 e. The van der Waals surface area contributed by atoms with Crippen molar-refractivity contribution >= 4 is 9.84 Å². The molecule has 0 N–H and O–H groups in total. The van der Waals surface area contributed by atoms with Gasteiger partial charge in [-0.15, -0.1) is 0 Å². The summed E-state index contributed by atoms with van der Waals surface area (Å²) in [4.78, 5) is 7.63. The van der Waals surface area contributed by atoms with Crippen molar-refractivity contribution in [3.8, 4) is 23.0 Å². The van der Waals surface area contributed by atoms with Crippen molar-refractivity contribution in [2.24, 2.45) is 0 Å². The van der Waals surface area contributed by atoms with Crippen LogP contribution < -0.4 is 4.74 Å². The molecule has 1 aliphatic heterocycles. The normalized spacial score (nSPS) is 14.0. The molecule has 2 aromatic heterocycles. The van der Waals surface area contributed by atoms with Gasteiger partial charge >= 0.3 is 6.18 Å². The van der Waals surface area contributed by atoms with E-state index in [4.69, 9.17) is 4.74 Å². The van der Waals surface area contributed by atoms with Crippen LogP contribution in [0.1, 0.15) is 11.3 Å². The van der Waals surface area contributed by atoms with Crippen LogP contribution in [0, 0.1) is 0 Å². The first kappa shape index (κ1) is 18.4. The molecule has 0 unspecified atom stereocenters. The van der Waals surface area contributed by atoms with E-state index in [0.717, 1.165) is 35.0 Å². The molecule has 0 aliphatic carbocycles. The number of sulfone groups is 1. The van der Waals surface area contributed by atoms with E-state index < -0.39 is 21.7 Å². The van der Waals surface area contributed by atoms with Gasteiger partial charge in [-0.25, -0.2) is 18.4 Å². The molecule has 0 spiro atoms. The van der Waals surface area contributed by atoms with Gasteiger partial charge in [0.25, 0.3) is 5.95 Å². The van der Waals surface area contributed by atoms with Crippen molar-refractivity contribution in [2.45, 2.75) is 17.5 Å². The van der Waals surface area contributed by atoms with Crippen molar-refractivity contribution in [3.05, 3.63) is 47.9 Å². The Morgan fingerprint density at radius 1 is 1.14 bits per heavy atom. The number of ether oxygens (including phenoxy) is 1. The number of rotatable bonds is 3. The maximum atomic E-state index is 13.2. The molecule has 0 fully saturated rings. The molecular weight excluding hydrogens is 397 g/mol. The highest BCUT2D eigenvalue weighted by atomic mass is 32.2. The van der Waals surface area contributed by atoms with Gasteiger partial charge in [0.2, 0.25) is 0 Å². The van der Waals surface area contributed by atoms with E-state index in [2.05, 4.69) is 15.1 Å². The summed E-state index contributed by atoms with van der Waals surface area (Å²) in [5, 5.41) is 3.60. The lowest BCUT2D eigenvalue weighted by atomic mass is 10.1. The first-order valence-corrected chi connectivity index (χ1v) is 9.98. The van der Waals surface area contributed by atoms with Gasteiger partial charge in [0, 0.05) is 18.2 Å². The first-order valence-electron chi connectivity index (χ1n) is 8.09. The second kappa shape index (κ2) is 6.30. The predicted molar refractivity (Wildman–Crippen MR) is 91.9 cm³/mol. The highest BCUT2D eigenvalue weighted by Gasteiger charge is 2.35. The van der Waals surface area contributed by atoms with Crippen LogP contribution in [-0.2, 0) is 22.4 Å². The summed E-state index contributed by atoms with van der Waals surface area (Å²) in [5.74, 6) is 0.522. The fraction of sp³-hybridized carbons (Fsp3) is 0.235. The lowest BCUT2D eigenvalue weighted by Gasteiger charge is -2.08. The summed E-state index contributed by atoms with van der Waals surface area (Å²) in [5.41, 5.74) is 0.402. The molecule has 0 amide bonds. The van der Waals surface area contributed by atoms with Crippen LogP contribution in [0.15, 0.2) is 41.6 Å². The van der Waals surface area contributed by atoms with Crippen molar-refractivity contribution in [1.29, 1.82) is 0 Å². The summed E-state index contributed by atoms with van der Waals surface area (Å²) in [6.45, 7) is 0.516. The van der Waals surface area contributed by atoms with Crippen molar-refractivity contribution in [1.82, 2.24) is 19.7 Å². The van der Waals surface area contributed by atoms with Crippen LogP contribution in [0.3, 0.4) is 0 Å². The average molecular weight is 410 g/mol. The fourth-order valence-corrected chi connectivity index (χ4v) is 3.32. The minimum absolute atomic E-state index is 0.133.